The molecule has 0 aliphatic heterocycles. The Kier molecular flexibility index (Phi) is 9.56. The van der Waals surface area contributed by atoms with Crippen LogP contribution in [0.1, 0.15) is 24.0 Å². The van der Waals surface area contributed by atoms with E-state index in [1.807, 2.05) is 66.7 Å². The number of nitrogens with one attached hydrogen (secondary N) is 2. The first kappa shape index (κ1) is 23.4. The third kappa shape index (κ3) is 8.19. The summed E-state index contributed by atoms with van der Waals surface area (Å²) in [5.74, 6) is -1.23. The summed E-state index contributed by atoms with van der Waals surface area (Å²) in [7, 11) is 1.20. The summed E-state index contributed by atoms with van der Waals surface area (Å²) in [5.41, 5.74) is 1.63. The molecular formula is C23H25N3O5. The average Bonchev–Trinajstić information content (AvgIpc) is 2.80. The molecule has 0 aliphatic carbocycles. The fraction of sp³-hybridized carbons (Fsp3) is 0.304. The zero-order chi connectivity index (χ0) is 22.5. The van der Waals surface area contributed by atoms with Crippen molar-refractivity contribution in [3.8, 4) is 6.07 Å². The van der Waals surface area contributed by atoms with Gasteiger partial charge in [0.25, 0.3) is 0 Å². The summed E-state index contributed by atoms with van der Waals surface area (Å²) in [6.07, 6.45) is -0.396. The molecule has 0 aliphatic rings. The van der Waals surface area contributed by atoms with Gasteiger partial charge in [-0.2, -0.15) is 5.26 Å². The molecule has 0 unspecified atom stereocenters. The van der Waals surface area contributed by atoms with Crippen LogP contribution in [0.5, 0.6) is 0 Å². The van der Waals surface area contributed by atoms with Gasteiger partial charge in [0, 0.05) is 12.8 Å². The lowest BCUT2D eigenvalue weighted by Gasteiger charge is -2.22. The highest BCUT2D eigenvalue weighted by Crippen LogP contribution is 2.07. The molecule has 2 aromatic carbocycles. The van der Waals surface area contributed by atoms with Crippen LogP contribution in [-0.4, -0.2) is 37.2 Å². The summed E-state index contributed by atoms with van der Waals surface area (Å²) in [6.45, 7) is 0.0549. The number of alkyl carbamates (subject to hydrolysis) is 1. The smallest absolute Gasteiger partial charge is 0.408 e. The lowest BCUT2D eigenvalue weighted by atomic mass is 10.0. The monoisotopic (exact) mass is 423 g/mol. The van der Waals surface area contributed by atoms with Crippen LogP contribution in [0.15, 0.2) is 60.7 Å². The Hall–Kier alpha value is -3.86. The Bertz CT molecular complexity index is 896. The van der Waals surface area contributed by atoms with Crippen molar-refractivity contribution in [3.05, 3.63) is 71.8 Å². The molecule has 0 bridgehead atoms. The number of carbonyl (C=O) groups excluding carboxylic acids is 3. The summed E-state index contributed by atoms with van der Waals surface area (Å²) in [6, 6.07) is 18.2. The first-order valence-electron chi connectivity index (χ1n) is 9.79. The first-order chi connectivity index (χ1) is 15.0. The van der Waals surface area contributed by atoms with Gasteiger partial charge in [-0.15, -0.1) is 0 Å². The first-order valence-corrected chi connectivity index (χ1v) is 9.79. The second-order valence-corrected chi connectivity index (χ2v) is 6.73. The highest BCUT2D eigenvalue weighted by Gasteiger charge is 2.27. The lowest BCUT2D eigenvalue weighted by molar-refractivity contribution is -0.145. The molecule has 31 heavy (non-hydrogen) atoms. The lowest BCUT2D eigenvalue weighted by Crippen LogP contribution is -2.52. The van der Waals surface area contributed by atoms with E-state index in [0.29, 0.717) is 0 Å². The van der Waals surface area contributed by atoms with E-state index < -0.39 is 30.1 Å². The van der Waals surface area contributed by atoms with Crippen LogP contribution in [0.3, 0.4) is 0 Å². The van der Waals surface area contributed by atoms with Crippen molar-refractivity contribution in [1.29, 1.82) is 5.26 Å². The molecule has 8 nitrogen and oxygen atoms in total. The van der Waals surface area contributed by atoms with Crippen molar-refractivity contribution < 1.29 is 23.9 Å². The normalized spacial score (nSPS) is 12.0. The summed E-state index contributed by atoms with van der Waals surface area (Å²) in [4.78, 5) is 37.2. The highest BCUT2D eigenvalue weighted by molar-refractivity contribution is 5.89. The van der Waals surface area contributed by atoms with E-state index in [-0.39, 0.29) is 25.9 Å². The van der Waals surface area contributed by atoms with E-state index >= 15 is 0 Å². The number of benzene rings is 2. The Labute approximate surface area is 181 Å². The minimum absolute atomic E-state index is 0.0549. The Balaban J connectivity index is 2.07. The van der Waals surface area contributed by atoms with Crippen molar-refractivity contribution in [2.45, 2.75) is 38.0 Å². The fourth-order valence-corrected chi connectivity index (χ4v) is 2.84. The molecule has 0 aromatic heterocycles. The second kappa shape index (κ2) is 12.6. The van der Waals surface area contributed by atoms with Crippen molar-refractivity contribution in [2.75, 3.05) is 7.11 Å². The molecule has 2 N–H and O–H groups in total. The molecule has 0 saturated heterocycles. The third-order valence-electron chi connectivity index (χ3n) is 4.45. The van der Waals surface area contributed by atoms with Crippen LogP contribution in [-0.2, 0) is 32.1 Å². The maximum absolute atomic E-state index is 12.9. The minimum atomic E-state index is -0.988. The van der Waals surface area contributed by atoms with Gasteiger partial charge in [0.15, 0.2) is 0 Å². The molecule has 0 saturated carbocycles. The molecule has 2 rings (SSSR count). The number of hydrogen-bond donors (Lipinski definition) is 2. The molecule has 0 heterocycles. The van der Waals surface area contributed by atoms with Gasteiger partial charge < -0.3 is 20.1 Å². The topological polar surface area (TPSA) is 118 Å². The van der Waals surface area contributed by atoms with Gasteiger partial charge in [0.1, 0.15) is 18.7 Å². The van der Waals surface area contributed by atoms with E-state index in [1.165, 1.54) is 7.11 Å². The summed E-state index contributed by atoms with van der Waals surface area (Å²) >= 11 is 0. The molecule has 2 aromatic rings. The van der Waals surface area contributed by atoms with Crippen molar-refractivity contribution in [3.63, 3.8) is 0 Å². The number of ether oxygens (including phenoxy) is 2. The van der Waals surface area contributed by atoms with Crippen molar-refractivity contribution >= 4 is 18.0 Å². The van der Waals surface area contributed by atoms with E-state index in [0.717, 1.165) is 11.1 Å². The molecule has 0 radical (unpaired) electrons. The fourth-order valence-electron chi connectivity index (χ4n) is 2.84. The van der Waals surface area contributed by atoms with Gasteiger partial charge in [-0.25, -0.2) is 9.59 Å². The minimum Gasteiger partial charge on any atom is -0.467 e. The number of esters is 1. The zero-order valence-electron chi connectivity index (χ0n) is 17.2. The highest BCUT2D eigenvalue weighted by atomic mass is 16.5. The molecule has 8 heteroatoms. The third-order valence-corrected chi connectivity index (χ3v) is 4.45. The second-order valence-electron chi connectivity index (χ2n) is 6.73. The standard InChI is InChI=1S/C23H25N3O5/c1-30-22(28)19(13-8-14-24)25-21(27)20(15-17-9-4-2-5-10-17)26-23(29)31-16-18-11-6-3-7-12-18/h2-7,9-12,19-20H,8,13,15-16H2,1H3,(H,25,27)(H,26,29)/t19-,20-/m1/s1. The zero-order valence-corrected chi connectivity index (χ0v) is 17.2. The number of carbonyl (C=O) groups is 3. The molecule has 0 fully saturated rings. The number of nitrogens with zero attached hydrogens (tertiary/aromatic N) is 1. The van der Waals surface area contributed by atoms with Crippen molar-refractivity contribution in [2.24, 2.45) is 0 Å². The maximum atomic E-state index is 12.9. The molecule has 2 atom stereocenters. The van der Waals surface area contributed by atoms with Crippen LogP contribution in [0, 0.1) is 11.3 Å². The van der Waals surface area contributed by atoms with E-state index in [9.17, 15) is 14.4 Å². The SMILES string of the molecule is COC(=O)[C@@H](CCC#N)NC(=O)[C@@H](Cc1ccccc1)NC(=O)OCc1ccccc1. The Morgan fingerprint density at radius 3 is 2.13 bits per heavy atom. The van der Waals surface area contributed by atoms with Crippen LogP contribution >= 0.6 is 0 Å². The van der Waals surface area contributed by atoms with Gasteiger partial charge in [0.05, 0.1) is 13.2 Å². The van der Waals surface area contributed by atoms with Gasteiger partial charge in [-0.3, -0.25) is 4.79 Å². The quantitative estimate of drug-likeness (QED) is 0.567. The van der Waals surface area contributed by atoms with Gasteiger partial charge in [-0.05, 0) is 17.5 Å². The van der Waals surface area contributed by atoms with E-state index in [1.54, 1.807) is 0 Å². The van der Waals surface area contributed by atoms with Crippen LogP contribution < -0.4 is 10.6 Å². The molecule has 162 valence electrons. The molecule has 0 spiro atoms. The van der Waals surface area contributed by atoms with Gasteiger partial charge in [0.2, 0.25) is 5.91 Å². The van der Waals surface area contributed by atoms with Crippen LogP contribution in [0.2, 0.25) is 0 Å². The number of hydrogen-bond acceptors (Lipinski definition) is 6. The average molecular weight is 423 g/mol. The molecule has 2 amide bonds. The Morgan fingerprint density at radius 2 is 1.55 bits per heavy atom. The van der Waals surface area contributed by atoms with Crippen molar-refractivity contribution in [1.82, 2.24) is 10.6 Å². The largest absolute Gasteiger partial charge is 0.467 e. The Morgan fingerprint density at radius 1 is 0.935 bits per heavy atom. The predicted octanol–water partition coefficient (Wildman–Crippen LogP) is 2.49. The van der Waals surface area contributed by atoms with E-state index in [4.69, 9.17) is 14.7 Å². The van der Waals surface area contributed by atoms with Crippen LogP contribution in [0.4, 0.5) is 4.79 Å². The van der Waals surface area contributed by atoms with Gasteiger partial charge in [-0.1, -0.05) is 60.7 Å². The number of nitriles is 1. The van der Waals surface area contributed by atoms with E-state index in [2.05, 4.69) is 10.6 Å². The summed E-state index contributed by atoms with van der Waals surface area (Å²) in [5, 5.41) is 13.9. The molecular weight excluding hydrogens is 398 g/mol. The number of rotatable bonds is 10. The summed E-state index contributed by atoms with van der Waals surface area (Å²) < 4.78 is 9.92. The maximum Gasteiger partial charge on any atom is 0.408 e. The predicted molar refractivity (Wildman–Crippen MR) is 112 cm³/mol. The number of amides is 2. The van der Waals surface area contributed by atoms with Crippen LogP contribution in [0.25, 0.3) is 0 Å². The van der Waals surface area contributed by atoms with Gasteiger partial charge >= 0.3 is 12.1 Å². The number of methoxy groups -OCH3 is 1.